The molecule has 1 aliphatic rings. The van der Waals surface area contributed by atoms with Crippen molar-refractivity contribution < 1.29 is 14.3 Å². The molecule has 6 nitrogen and oxygen atoms in total. The first-order valence-corrected chi connectivity index (χ1v) is 6.71. The van der Waals surface area contributed by atoms with Crippen LogP contribution in [0, 0.1) is 0 Å². The Kier molecular flexibility index (Phi) is 5.06. The van der Waals surface area contributed by atoms with Crippen LogP contribution >= 0.6 is 0 Å². The highest BCUT2D eigenvalue weighted by Crippen LogP contribution is 2.24. The molecule has 0 atom stereocenters. The summed E-state index contributed by atoms with van der Waals surface area (Å²) in [6.07, 6.45) is 0. The summed E-state index contributed by atoms with van der Waals surface area (Å²) in [7, 11) is 3.52. The number of hydrogen-bond acceptors (Lipinski definition) is 4. The maximum Gasteiger partial charge on any atom is 0.317 e. The van der Waals surface area contributed by atoms with Gasteiger partial charge in [0.05, 0.1) is 13.7 Å². The van der Waals surface area contributed by atoms with Gasteiger partial charge in [0, 0.05) is 31.3 Å². The number of rotatable bonds is 7. The fourth-order valence-electron chi connectivity index (χ4n) is 2.12. The van der Waals surface area contributed by atoms with E-state index >= 15 is 0 Å². The van der Waals surface area contributed by atoms with E-state index in [1.54, 1.807) is 12.0 Å². The summed E-state index contributed by atoms with van der Waals surface area (Å²) >= 11 is 0. The van der Waals surface area contributed by atoms with E-state index in [9.17, 15) is 4.79 Å². The largest absolute Gasteiger partial charge is 0.497 e. The Labute approximate surface area is 119 Å². The summed E-state index contributed by atoms with van der Waals surface area (Å²) in [6, 6.07) is 5.74. The molecule has 0 aliphatic carbocycles. The minimum absolute atomic E-state index is 0.0188. The van der Waals surface area contributed by atoms with E-state index in [-0.39, 0.29) is 6.03 Å². The summed E-state index contributed by atoms with van der Waals surface area (Å²) in [6.45, 7) is 3.23. The van der Waals surface area contributed by atoms with Crippen LogP contribution in [0.4, 0.5) is 4.79 Å². The maximum absolute atomic E-state index is 11.4. The van der Waals surface area contributed by atoms with E-state index < -0.39 is 0 Å². The second-order valence-corrected chi connectivity index (χ2v) is 4.57. The molecule has 0 spiro atoms. The van der Waals surface area contributed by atoms with Crippen LogP contribution in [-0.2, 0) is 6.54 Å². The van der Waals surface area contributed by atoms with Crippen LogP contribution in [0.15, 0.2) is 18.2 Å². The molecule has 1 aliphatic heterocycles. The van der Waals surface area contributed by atoms with Gasteiger partial charge in [-0.25, -0.2) is 4.79 Å². The van der Waals surface area contributed by atoms with Gasteiger partial charge in [0.15, 0.2) is 0 Å². The van der Waals surface area contributed by atoms with Crippen LogP contribution in [0.25, 0.3) is 0 Å². The van der Waals surface area contributed by atoms with Crippen molar-refractivity contribution in [2.45, 2.75) is 6.54 Å². The lowest BCUT2D eigenvalue weighted by molar-refractivity contribution is 0.202. The van der Waals surface area contributed by atoms with Crippen molar-refractivity contribution in [2.75, 3.05) is 40.4 Å². The van der Waals surface area contributed by atoms with Crippen molar-refractivity contribution in [2.24, 2.45) is 0 Å². The Morgan fingerprint density at radius 3 is 2.95 bits per heavy atom. The molecular formula is C14H21N3O3. The van der Waals surface area contributed by atoms with Crippen LogP contribution in [0.5, 0.6) is 11.5 Å². The van der Waals surface area contributed by atoms with Crippen LogP contribution in [0.2, 0.25) is 0 Å². The van der Waals surface area contributed by atoms with Gasteiger partial charge in [-0.05, 0) is 13.1 Å². The first-order chi connectivity index (χ1) is 9.74. The number of nitrogens with zero attached hydrogens (tertiary/aromatic N) is 1. The summed E-state index contributed by atoms with van der Waals surface area (Å²) < 4.78 is 11.0. The van der Waals surface area contributed by atoms with Crippen LogP contribution in [0.3, 0.4) is 0 Å². The molecule has 20 heavy (non-hydrogen) atoms. The molecule has 1 aromatic rings. The number of methoxy groups -OCH3 is 1. The molecule has 1 heterocycles. The van der Waals surface area contributed by atoms with Gasteiger partial charge in [-0.3, -0.25) is 0 Å². The van der Waals surface area contributed by atoms with E-state index in [1.807, 2.05) is 25.2 Å². The molecule has 0 radical (unpaired) electrons. The average molecular weight is 279 g/mol. The van der Waals surface area contributed by atoms with Gasteiger partial charge in [-0.1, -0.05) is 6.07 Å². The van der Waals surface area contributed by atoms with Gasteiger partial charge in [0.1, 0.15) is 18.1 Å². The summed E-state index contributed by atoms with van der Waals surface area (Å²) in [5.74, 6) is 1.55. The second-order valence-electron chi connectivity index (χ2n) is 4.57. The Bertz CT molecular complexity index is 465. The minimum Gasteiger partial charge on any atom is -0.497 e. The molecule has 1 aromatic carbocycles. The number of ether oxygens (including phenoxy) is 2. The van der Waals surface area contributed by atoms with Gasteiger partial charge in [0.25, 0.3) is 0 Å². The van der Waals surface area contributed by atoms with Crippen molar-refractivity contribution >= 4 is 6.03 Å². The first kappa shape index (κ1) is 14.5. The lowest BCUT2D eigenvalue weighted by Gasteiger charge is -2.16. The highest BCUT2D eigenvalue weighted by atomic mass is 16.5. The number of urea groups is 1. The van der Waals surface area contributed by atoms with Crippen molar-refractivity contribution in [3.05, 3.63) is 23.8 Å². The van der Waals surface area contributed by atoms with Gasteiger partial charge in [-0.15, -0.1) is 0 Å². The Balaban J connectivity index is 1.94. The maximum atomic E-state index is 11.4. The van der Waals surface area contributed by atoms with Crippen molar-refractivity contribution in [3.8, 4) is 11.5 Å². The van der Waals surface area contributed by atoms with Crippen LogP contribution < -0.4 is 20.1 Å². The zero-order valence-electron chi connectivity index (χ0n) is 11.9. The zero-order chi connectivity index (χ0) is 14.4. The van der Waals surface area contributed by atoms with Gasteiger partial charge in [0.2, 0.25) is 0 Å². The third-order valence-electron chi connectivity index (χ3n) is 3.21. The lowest BCUT2D eigenvalue weighted by Crippen LogP contribution is -2.32. The molecule has 2 rings (SSSR count). The SMILES string of the molecule is CNCc1ccc(OC)cc1OCCN1CCNC1=O. The topological polar surface area (TPSA) is 62.8 Å². The normalized spacial score (nSPS) is 14.3. The van der Waals surface area contributed by atoms with E-state index in [0.29, 0.717) is 19.7 Å². The molecule has 0 saturated carbocycles. The van der Waals surface area contributed by atoms with E-state index in [0.717, 1.165) is 30.2 Å². The van der Waals surface area contributed by atoms with Crippen molar-refractivity contribution in [3.63, 3.8) is 0 Å². The van der Waals surface area contributed by atoms with Crippen molar-refractivity contribution in [1.29, 1.82) is 0 Å². The third kappa shape index (κ3) is 3.54. The molecule has 0 bridgehead atoms. The molecule has 1 saturated heterocycles. The fourth-order valence-corrected chi connectivity index (χ4v) is 2.12. The molecule has 0 unspecified atom stereocenters. The molecule has 1 fully saturated rings. The number of benzene rings is 1. The predicted octanol–water partition coefficient (Wildman–Crippen LogP) is 0.819. The summed E-state index contributed by atoms with van der Waals surface area (Å²) in [5.41, 5.74) is 1.07. The number of carbonyl (C=O) groups is 1. The van der Waals surface area contributed by atoms with Gasteiger partial charge < -0.3 is 25.0 Å². The number of nitrogens with one attached hydrogen (secondary N) is 2. The molecule has 2 amide bonds. The number of amides is 2. The standard InChI is InChI=1S/C14H21N3O3/c1-15-10-11-3-4-12(19-2)9-13(11)20-8-7-17-6-5-16-14(17)18/h3-4,9,15H,5-8,10H2,1-2H3,(H,16,18). The van der Waals surface area contributed by atoms with E-state index in [1.165, 1.54) is 0 Å². The highest BCUT2D eigenvalue weighted by Gasteiger charge is 2.18. The van der Waals surface area contributed by atoms with Crippen LogP contribution in [-0.4, -0.2) is 51.3 Å². The Morgan fingerprint density at radius 2 is 2.30 bits per heavy atom. The molecule has 0 aromatic heterocycles. The van der Waals surface area contributed by atoms with Crippen LogP contribution in [0.1, 0.15) is 5.56 Å². The number of hydrogen-bond donors (Lipinski definition) is 2. The quantitative estimate of drug-likeness (QED) is 0.775. The minimum atomic E-state index is -0.0188. The monoisotopic (exact) mass is 279 g/mol. The summed E-state index contributed by atoms with van der Waals surface area (Å²) in [5, 5.41) is 5.87. The van der Waals surface area contributed by atoms with E-state index in [2.05, 4.69) is 10.6 Å². The predicted molar refractivity (Wildman–Crippen MR) is 76.2 cm³/mol. The third-order valence-corrected chi connectivity index (χ3v) is 3.21. The first-order valence-electron chi connectivity index (χ1n) is 6.71. The Hall–Kier alpha value is -1.95. The fraction of sp³-hybridized carbons (Fsp3) is 0.500. The Morgan fingerprint density at radius 1 is 1.45 bits per heavy atom. The highest BCUT2D eigenvalue weighted by molar-refractivity contribution is 5.76. The average Bonchev–Trinajstić information content (AvgIpc) is 2.86. The van der Waals surface area contributed by atoms with Gasteiger partial charge >= 0.3 is 6.03 Å². The molecular weight excluding hydrogens is 258 g/mol. The zero-order valence-corrected chi connectivity index (χ0v) is 11.9. The molecule has 2 N–H and O–H groups in total. The van der Waals surface area contributed by atoms with Gasteiger partial charge in [-0.2, -0.15) is 0 Å². The number of carbonyl (C=O) groups excluding carboxylic acids is 1. The molecule has 6 heteroatoms. The second kappa shape index (κ2) is 7.00. The summed E-state index contributed by atoms with van der Waals surface area (Å²) in [4.78, 5) is 13.2. The lowest BCUT2D eigenvalue weighted by atomic mass is 10.2. The molecule has 110 valence electrons. The van der Waals surface area contributed by atoms with E-state index in [4.69, 9.17) is 9.47 Å². The van der Waals surface area contributed by atoms with Crippen molar-refractivity contribution in [1.82, 2.24) is 15.5 Å². The smallest absolute Gasteiger partial charge is 0.317 e.